The largest absolute Gasteiger partial charge is 0.481 e. The van der Waals surface area contributed by atoms with Crippen molar-refractivity contribution in [1.82, 2.24) is 0 Å². The predicted molar refractivity (Wildman–Crippen MR) is 62.1 cm³/mol. The van der Waals surface area contributed by atoms with E-state index in [1.54, 1.807) is 21.1 Å². The summed E-state index contributed by atoms with van der Waals surface area (Å²) < 4.78 is 0.206. The van der Waals surface area contributed by atoms with Crippen molar-refractivity contribution in [2.24, 2.45) is 5.92 Å². The molecule has 104 valence electrons. The van der Waals surface area contributed by atoms with E-state index in [0.717, 1.165) is 0 Å². The molecule has 2 unspecified atom stereocenters. The standard InChI is InChI=1S/C11H19NO6/c1-12(2,3)8(4-5-9(13)14)7(11(17)18)6-10(15)16/h7-8H,4-6H2,1-3H3,(H2-,13,14,15,16,17,18)/p+1. The lowest BCUT2D eigenvalue weighted by Gasteiger charge is -2.37. The van der Waals surface area contributed by atoms with Gasteiger partial charge in [-0.2, -0.15) is 0 Å². The minimum atomic E-state index is -1.21. The quantitative estimate of drug-likeness (QED) is 0.535. The Hall–Kier alpha value is -1.63. The molecular weight excluding hydrogens is 242 g/mol. The van der Waals surface area contributed by atoms with Crippen LogP contribution < -0.4 is 0 Å². The van der Waals surface area contributed by atoms with Gasteiger partial charge in [0.05, 0.1) is 34.0 Å². The van der Waals surface area contributed by atoms with Crippen LogP contribution in [-0.2, 0) is 14.4 Å². The Balaban J connectivity index is 5.04. The van der Waals surface area contributed by atoms with Gasteiger partial charge in [-0.3, -0.25) is 14.4 Å². The van der Waals surface area contributed by atoms with Crippen LogP contribution in [0.1, 0.15) is 19.3 Å². The highest BCUT2D eigenvalue weighted by molar-refractivity contribution is 5.78. The third-order valence-corrected chi connectivity index (χ3v) is 2.83. The molecule has 0 aromatic carbocycles. The van der Waals surface area contributed by atoms with Crippen LogP contribution in [0, 0.1) is 5.92 Å². The molecule has 0 aromatic heterocycles. The van der Waals surface area contributed by atoms with Gasteiger partial charge in [-0.25, -0.2) is 0 Å². The summed E-state index contributed by atoms with van der Waals surface area (Å²) in [6.07, 6.45) is -0.554. The van der Waals surface area contributed by atoms with Crippen LogP contribution in [0.5, 0.6) is 0 Å². The number of hydrogen-bond donors (Lipinski definition) is 3. The molecule has 0 saturated carbocycles. The summed E-state index contributed by atoms with van der Waals surface area (Å²) in [6, 6.07) is -0.560. The van der Waals surface area contributed by atoms with Gasteiger partial charge < -0.3 is 19.8 Å². The molecule has 0 rings (SSSR count). The Kier molecular flexibility index (Phi) is 5.77. The second-order valence-corrected chi connectivity index (χ2v) is 5.16. The third-order valence-electron chi connectivity index (χ3n) is 2.83. The fourth-order valence-corrected chi connectivity index (χ4v) is 1.98. The van der Waals surface area contributed by atoms with Crippen molar-refractivity contribution in [3.8, 4) is 0 Å². The summed E-state index contributed by atoms with van der Waals surface area (Å²) in [7, 11) is 5.18. The Morgan fingerprint density at radius 1 is 1.00 bits per heavy atom. The summed E-state index contributed by atoms with van der Waals surface area (Å²) >= 11 is 0. The summed E-state index contributed by atoms with van der Waals surface area (Å²) in [4.78, 5) is 32.4. The number of carboxylic acid groups (broad SMARTS) is 3. The first-order chi connectivity index (χ1) is 8.05. The van der Waals surface area contributed by atoms with Crippen LogP contribution in [0.4, 0.5) is 0 Å². The first-order valence-corrected chi connectivity index (χ1v) is 5.53. The maximum Gasteiger partial charge on any atom is 0.313 e. The predicted octanol–water partition coefficient (Wildman–Crippen LogP) is 0.102. The molecule has 0 fully saturated rings. The van der Waals surface area contributed by atoms with E-state index in [2.05, 4.69) is 0 Å². The molecule has 0 bridgehead atoms. The van der Waals surface area contributed by atoms with E-state index in [-0.39, 0.29) is 17.3 Å². The van der Waals surface area contributed by atoms with E-state index < -0.39 is 36.3 Å². The maximum absolute atomic E-state index is 11.1. The van der Waals surface area contributed by atoms with Gasteiger partial charge in [-0.15, -0.1) is 0 Å². The van der Waals surface area contributed by atoms with E-state index in [4.69, 9.17) is 15.3 Å². The first kappa shape index (κ1) is 16.4. The Labute approximate surface area is 105 Å². The molecule has 7 heteroatoms. The highest BCUT2D eigenvalue weighted by atomic mass is 16.4. The van der Waals surface area contributed by atoms with E-state index in [1.165, 1.54) is 0 Å². The molecule has 0 aliphatic heterocycles. The van der Waals surface area contributed by atoms with Crippen molar-refractivity contribution in [2.45, 2.75) is 25.3 Å². The zero-order chi connectivity index (χ0) is 14.5. The van der Waals surface area contributed by atoms with Crippen LogP contribution in [0.15, 0.2) is 0 Å². The van der Waals surface area contributed by atoms with Crippen molar-refractivity contribution in [3.05, 3.63) is 0 Å². The van der Waals surface area contributed by atoms with E-state index in [1.807, 2.05) is 0 Å². The number of quaternary nitrogens is 1. The van der Waals surface area contributed by atoms with Gasteiger partial charge in [0.2, 0.25) is 0 Å². The summed E-state index contributed by atoms with van der Waals surface area (Å²) in [5.41, 5.74) is 0. The van der Waals surface area contributed by atoms with Gasteiger partial charge in [-0.05, 0) is 0 Å². The molecule has 0 saturated heterocycles. The molecule has 7 nitrogen and oxygen atoms in total. The van der Waals surface area contributed by atoms with Gasteiger partial charge in [0.1, 0.15) is 12.0 Å². The van der Waals surface area contributed by atoms with Gasteiger partial charge in [-0.1, -0.05) is 0 Å². The maximum atomic E-state index is 11.1. The zero-order valence-electron chi connectivity index (χ0n) is 10.8. The van der Waals surface area contributed by atoms with E-state index in [0.29, 0.717) is 0 Å². The number of nitrogens with zero attached hydrogens (tertiary/aromatic N) is 1. The molecule has 0 aromatic rings. The second-order valence-electron chi connectivity index (χ2n) is 5.16. The summed E-state index contributed by atoms with van der Waals surface area (Å²) in [5, 5.41) is 26.5. The molecule has 0 heterocycles. The van der Waals surface area contributed by atoms with Crippen molar-refractivity contribution in [1.29, 1.82) is 0 Å². The van der Waals surface area contributed by atoms with Crippen molar-refractivity contribution in [2.75, 3.05) is 21.1 Å². The van der Waals surface area contributed by atoms with Gasteiger partial charge in [0.15, 0.2) is 0 Å². The summed E-state index contributed by atoms with van der Waals surface area (Å²) in [5.74, 6) is -4.52. The van der Waals surface area contributed by atoms with E-state index >= 15 is 0 Å². The van der Waals surface area contributed by atoms with Crippen molar-refractivity contribution < 1.29 is 34.2 Å². The number of carbonyl (C=O) groups is 3. The molecule has 0 aliphatic carbocycles. The van der Waals surface area contributed by atoms with Crippen LogP contribution in [0.25, 0.3) is 0 Å². The minimum absolute atomic E-state index is 0.128. The van der Waals surface area contributed by atoms with Gasteiger partial charge >= 0.3 is 17.9 Å². The van der Waals surface area contributed by atoms with Crippen LogP contribution >= 0.6 is 0 Å². The number of hydrogen-bond acceptors (Lipinski definition) is 3. The van der Waals surface area contributed by atoms with Gasteiger partial charge in [0, 0.05) is 6.42 Å². The number of rotatable bonds is 8. The van der Waals surface area contributed by atoms with Crippen LogP contribution in [0.3, 0.4) is 0 Å². The third kappa shape index (κ3) is 5.62. The highest BCUT2D eigenvalue weighted by Gasteiger charge is 2.39. The smallest absolute Gasteiger partial charge is 0.313 e. The number of aliphatic carboxylic acids is 3. The molecule has 0 amide bonds. The lowest BCUT2D eigenvalue weighted by Crippen LogP contribution is -2.52. The van der Waals surface area contributed by atoms with Crippen LogP contribution in [-0.4, -0.2) is 64.9 Å². The minimum Gasteiger partial charge on any atom is -0.481 e. The topological polar surface area (TPSA) is 112 Å². The van der Waals surface area contributed by atoms with Gasteiger partial charge in [0.25, 0.3) is 0 Å². The summed E-state index contributed by atoms with van der Waals surface area (Å²) in [6.45, 7) is 0. The van der Waals surface area contributed by atoms with E-state index in [9.17, 15) is 14.4 Å². The second kappa shape index (κ2) is 6.34. The fourth-order valence-electron chi connectivity index (χ4n) is 1.98. The first-order valence-electron chi connectivity index (χ1n) is 5.53. The highest BCUT2D eigenvalue weighted by Crippen LogP contribution is 2.23. The average molecular weight is 262 g/mol. The molecule has 2 atom stereocenters. The lowest BCUT2D eigenvalue weighted by atomic mass is 9.90. The van der Waals surface area contributed by atoms with Crippen molar-refractivity contribution in [3.63, 3.8) is 0 Å². The average Bonchev–Trinajstić information content (AvgIpc) is 2.12. The lowest BCUT2D eigenvalue weighted by molar-refractivity contribution is -0.899. The fraction of sp³-hybridized carbons (Fsp3) is 0.727. The Morgan fingerprint density at radius 3 is 1.78 bits per heavy atom. The Bertz CT molecular complexity index is 333. The molecule has 0 aliphatic rings. The normalized spacial score (nSPS) is 14.8. The zero-order valence-corrected chi connectivity index (χ0v) is 10.8. The monoisotopic (exact) mass is 262 g/mol. The van der Waals surface area contributed by atoms with Crippen LogP contribution in [0.2, 0.25) is 0 Å². The molecular formula is C11H20NO6+. The molecule has 0 radical (unpaired) electrons. The molecule has 3 N–H and O–H groups in total. The van der Waals surface area contributed by atoms with Crippen molar-refractivity contribution >= 4 is 17.9 Å². The molecule has 18 heavy (non-hydrogen) atoms. The molecule has 0 spiro atoms. The SMILES string of the molecule is C[N+](C)(C)C(CCC(=O)O)C(CC(=O)O)C(=O)O. The Morgan fingerprint density at radius 2 is 1.50 bits per heavy atom. The number of carboxylic acids is 3.